The average molecular weight is 416 g/mol. The molecule has 0 atom stereocenters. The molecule has 0 heterocycles. The molecular weight excluding hydrogens is 370 g/mol. The SMILES string of the molecule is CC.CC.Cc1cc(C(C)(C)CC(C)(C)CCN)cc(C)c1Oc1ccc(O)cc1. The van der Waals surface area contributed by atoms with Crippen LogP contribution in [0.25, 0.3) is 0 Å². The van der Waals surface area contributed by atoms with Crippen molar-refractivity contribution in [1.82, 2.24) is 0 Å². The first-order valence-electron chi connectivity index (χ1n) is 11.3. The second-order valence-electron chi connectivity index (χ2n) is 8.80. The lowest BCUT2D eigenvalue weighted by Gasteiger charge is -2.36. The molecule has 0 amide bonds. The number of ether oxygens (including phenoxy) is 1. The monoisotopic (exact) mass is 415 g/mol. The van der Waals surface area contributed by atoms with Crippen molar-refractivity contribution >= 4 is 0 Å². The minimum Gasteiger partial charge on any atom is -0.508 e. The Balaban J connectivity index is 0.00000198. The molecule has 3 heteroatoms. The third kappa shape index (κ3) is 8.39. The van der Waals surface area contributed by atoms with Crippen LogP contribution in [0.15, 0.2) is 36.4 Å². The van der Waals surface area contributed by atoms with Crippen LogP contribution in [0.3, 0.4) is 0 Å². The van der Waals surface area contributed by atoms with E-state index >= 15 is 0 Å². The number of hydrogen-bond acceptors (Lipinski definition) is 3. The largest absolute Gasteiger partial charge is 0.508 e. The maximum Gasteiger partial charge on any atom is 0.133 e. The predicted molar refractivity (Wildman–Crippen MR) is 132 cm³/mol. The lowest BCUT2D eigenvalue weighted by molar-refractivity contribution is 0.242. The molecular formula is C27H45NO2. The molecule has 0 spiro atoms. The van der Waals surface area contributed by atoms with Crippen molar-refractivity contribution in [3.8, 4) is 17.2 Å². The summed E-state index contributed by atoms with van der Waals surface area (Å²) in [6, 6.07) is 11.3. The number of aromatic hydroxyl groups is 1. The van der Waals surface area contributed by atoms with E-state index in [1.165, 1.54) is 5.56 Å². The minimum atomic E-state index is 0.0608. The van der Waals surface area contributed by atoms with E-state index < -0.39 is 0 Å². The first-order chi connectivity index (χ1) is 14.0. The number of phenols is 1. The Morgan fingerprint density at radius 2 is 1.33 bits per heavy atom. The van der Waals surface area contributed by atoms with E-state index in [2.05, 4.69) is 53.7 Å². The Hall–Kier alpha value is -2.00. The highest BCUT2D eigenvalue weighted by Gasteiger charge is 2.30. The van der Waals surface area contributed by atoms with Crippen LogP contribution in [0.5, 0.6) is 17.2 Å². The van der Waals surface area contributed by atoms with Gasteiger partial charge in [-0.15, -0.1) is 0 Å². The first kappa shape index (κ1) is 28.0. The van der Waals surface area contributed by atoms with E-state index in [4.69, 9.17) is 10.5 Å². The van der Waals surface area contributed by atoms with Gasteiger partial charge in [-0.25, -0.2) is 0 Å². The molecule has 170 valence electrons. The minimum absolute atomic E-state index is 0.0608. The zero-order valence-electron chi connectivity index (χ0n) is 21.0. The van der Waals surface area contributed by atoms with Gasteiger partial charge in [0.15, 0.2) is 0 Å². The molecule has 0 aliphatic heterocycles. The standard InChI is InChI=1S/C23H33NO2.2C2H6/c1-16-13-18(23(5,6)15-22(3,4)11-12-24)14-17(2)21(16)26-20-9-7-19(25)8-10-20;2*1-2/h7-10,13-14,25H,11-12,15,24H2,1-6H3;2*1-2H3. The van der Waals surface area contributed by atoms with Crippen LogP contribution in [0.4, 0.5) is 0 Å². The summed E-state index contributed by atoms with van der Waals surface area (Å²) in [4.78, 5) is 0. The van der Waals surface area contributed by atoms with Crippen LogP contribution in [0.2, 0.25) is 0 Å². The summed E-state index contributed by atoms with van der Waals surface area (Å²) in [6.07, 6.45) is 2.10. The van der Waals surface area contributed by atoms with Gasteiger partial charge < -0.3 is 15.6 Å². The van der Waals surface area contributed by atoms with E-state index in [1.807, 2.05) is 27.7 Å². The molecule has 0 saturated heterocycles. The molecule has 3 nitrogen and oxygen atoms in total. The van der Waals surface area contributed by atoms with Gasteiger partial charge in [0.2, 0.25) is 0 Å². The van der Waals surface area contributed by atoms with Crippen molar-refractivity contribution in [2.24, 2.45) is 11.1 Å². The molecule has 2 rings (SSSR count). The van der Waals surface area contributed by atoms with Crippen LogP contribution in [0.1, 0.15) is 84.9 Å². The van der Waals surface area contributed by atoms with Gasteiger partial charge in [-0.05, 0) is 85.0 Å². The smallest absolute Gasteiger partial charge is 0.133 e. The molecule has 0 bridgehead atoms. The summed E-state index contributed by atoms with van der Waals surface area (Å²) < 4.78 is 6.07. The van der Waals surface area contributed by atoms with Crippen LogP contribution < -0.4 is 10.5 Å². The van der Waals surface area contributed by atoms with Gasteiger partial charge in [-0.1, -0.05) is 67.5 Å². The van der Waals surface area contributed by atoms with Crippen LogP contribution >= 0.6 is 0 Å². The van der Waals surface area contributed by atoms with Crippen molar-refractivity contribution in [2.75, 3.05) is 6.54 Å². The van der Waals surface area contributed by atoms with Crippen molar-refractivity contribution in [3.63, 3.8) is 0 Å². The Morgan fingerprint density at radius 3 is 1.77 bits per heavy atom. The first-order valence-corrected chi connectivity index (χ1v) is 11.3. The fraction of sp³-hybridized carbons (Fsp3) is 0.556. The molecule has 0 radical (unpaired) electrons. The lowest BCUT2D eigenvalue weighted by atomic mass is 9.69. The van der Waals surface area contributed by atoms with Gasteiger partial charge in [0.05, 0.1) is 0 Å². The molecule has 0 aliphatic rings. The van der Waals surface area contributed by atoms with E-state index in [-0.39, 0.29) is 16.6 Å². The van der Waals surface area contributed by atoms with Gasteiger partial charge in [0.1, 0.15) is 17.2 Å². The van der Waals surface area contributed by atoms with Gasteiger partial charge in [0.25, 0.3) is 0 Å². The van der Waals surface area contributed by atoms with Crippen molar-refractivity contribution in [1.29, 1.82) is 0 Å². The van der Waals surface area contributed by atoms with Crippen LogP contribution in [-0.4, -0.2) is 11.7 Å². The zero-order chi connectivity index (χ0) is 23.5. The normalized spacial score (nSPS) is 11.0. The molecule has 0 unspecified atom stereocenters. The van der Waals surface area contributed by atoms with Crippen molar-refractivity contribution in [2.45, 2.75) is 87.5 Å². The van der Waals surface area contributed by atoms with E-state index in [0.717, 1.165) is 42.0 Å². The fourth-order valence-electron chi connectivity index (χ4n) is 3.91. The maximum absolute atomic E-state index is 9.43. The lowest BCUT2D eigenvalue weighted by Crippen LogP contribution is -2.28. The molecule has 0 fully saturated rings. The van der Waals surface area contributed by atoms with E-state index in [1.54, 1.807) is 24.3 Å². The topological polar surface area (TPSA) is 55.5 Å². The molecule has 3 N–H and O–H groups in total. The fourth-order valence-corrected chi connectivity index (χ4v) is 3.91. The number of phenolic OH excluding ortho intramolecular Hbond substituents is 1. The Kier molecular flexibility index (Phi) is 11.8. The second-order valence-corrected chi connectivity index (χ2v) is 8.80. The van der Waals surface area contributed by atoms with Crippen molar-refractivity contribution < 1.29 is 9.84 Å². The highest BCUT2D eigenvalue weighted by Crippen LogP contribution is 2.41. The summed E-state index contributed by atoms with van der Waals surface area (Å²) in [7, 11) is 0. The molecule has 0 aromatic heterocycles. The Bertz CT molecular complexity index is 723. The zero-order valence-corrected chi connectivity index (χ0v) is 21.0. The van der Waals surface area contributed by atoms with Crippen LogP contribution in [-0.2, 0) is 5.41 Å². The number of benzene rings is 2. The molecule has 30 heavy (non-hydrogen) atoms. The summed E-state index contributed by atoms with van der Waals surface area (Å²) in [6.45, 7) is 22.1. The van der Waals surface area contributed by atoms with E-state index in [0.29, 0.717) is 0 Å². The quantitative estimate of drug-likeness (QED) is 0.483. The number of rotatable bonds is 7. The average Bonchev–Trinajstić information content (AvgIpc) is 2.68. The number of aryl methyl sites for hydroxylation is 2. The van der Waals surface area contributed by atoms with Gasteiger partial charge >= 0.3 is 0 Å². The maximum atomic E-state index is 9.43. The number of nitrogens with two attached hydrogens (primary N) is 1. The molecule has 0 aliphatic carbocycles. The van der Waals surface area contributed by atoms with Gasteiger partial charge in [-0.3, -0.25) is 0 Å². The van der Waals surface area contributed by atoms with Gasteiger partial charge in [-0.2, -0.15) is 0 Å². The highest BCUT2D eigenvalue weighted by molar-refractivity contribution is 5.48. The predicted octanol–water partition coefficient (Wildman–Crippen LogP) is 7.90. The Labute approximate surface area is 185 Å². The third-order valence-electron chi connectivity index (χ3n) is 5.04. The molecule has 2 aromatic carbocycles. The van der Waals surface area contributed by atoms with E-state index in [9.17, 15) is 5.11 Å². The summed E-state index contributed by atoms with van der Waals surface area (Å²) in [5, 5.41) is 9.43. The molecule has 2 aromatic rings. The van der Waals surface area contributed by atoms with Crippen molar-refractivity contribution in [3.05, 3.63) is 53.1 Å². The third-order valence-corrected chi connectivity index (χ3v) is 5.04. The summed E-state index contributed by atoms with van der Waals surface area (Å²) in [5.74, 6) is 1.85. The Morgan fingerprint density at radius 1 is 0.867 bits per heavy atom. The molecule has 0 saturated carbocycles. The summed E-state index contributed by atoms with van der Waals surface area (Å²) in [5.41, 5.74) is 9.64. The van der Waals surface area contributed by atoms with Gasteiger partial charge in [0, 0.05) is 0 Å². The second kappa shape index (κ2) is 12.6. The summed E-state index contributed by atoms with van der Waals surface area (Å²) >= 11 is 0. The highest BCUT2D eigenvalue weighted by atomic mass is 16.5. The number of hydrogen-bond donors (Lipinski definition) is 2. The van der Waals surface area contributed by atoms with Crippen LogP contribution in [0, 0.1) is 19.3 Å².